The lowest BCUT2D eigenvalue weighted by molar-refractivity contribution is 0.300. The molecule has 1 aromatic carbocycles. The van der Waals surface area contributed by atoms with Gasteiger partial charge in [-0.1, -0.05) is 31.5 Å². The van der Waals surface area contributed by atoms with Crippen LogP contribution in [0.25, 0.3) is 0 Å². The zero-order chi connectivity index (χ0) is 12.7. The third-order valence-electron chi connectivity index (χ3n) is 2.43. The summed E-state index contributed by atoms with van der Waals surface area (Å²) in [5.74, 6) is 0.136. The average molecular weight is 257 g/mol. The molecule has 0 unspecified atom stereocenters. The number of aliphatic hydroxyl groups excluding tert-OH is 1. The first-order valence-electron chi connectivity index (χ1n) is 5.78. The van der Waals surface area contributed by atoms with E-state index in [9.17, 15) is 8.42 Å². The van der Waals surface area contributed by atoms with Crippen molar-refractivity contribution in [2.45, 2.75) is 26.2 Å². The standard InChI is InChI=1S/C12H19NO3S/c1-2-3-10-17(15,16)13-12-7-5-4-6-11(12)8-9-14/h4-7,13-14H,2-3,8-10H2,1H3. The lowest BCUT2D eigenvalue weighted by atomic mass is 10.1. The Labute approximate surface area is 103 Å². The van der Waals surface area contributed by atoms with Gasteiger partial charge in [-0.2, -0.15) is 0 Å². The van der Waals surface area contributed by atoms with Crippen molar-refractivity contribution in [2.75, 3.05) is 17.1 Å². The van der Waals surface area contributed by atoms with E-state index in [0.717, 1.165) is 12.0 Å². The number of unbranched alkanes of at least 4 members (excludes halogenated alkanes) is 1. The summed E-state index contributed by atoms with van der Waals surface area (Å²) < 4.78 is 26.1. The molecule has 17 heavy (non-hydrogen) atoms. The number of nitrogens with one attached hydrogen (secondary N) is 1. The normalized spacial score (nSPS) is 11.4. The molecule has 4 nitrogen and oxygen atoms in total. The van der Waals surface area contributed by atoms with Crippen molar-refractivity contribution in [3.63, 3.8) is 0 Å². The third kappa shape index (κ3) is 4.75. The van der Waals surface area contributed by atoms with Crippen molar-refractivity contribution in [2.24, 2.45) is 0 Å². The first kappa shape index (κ1) is 14.0. The Kier molecular flexibility index (Phi) is 5.44. The van der Waals surface area contributed by atoms with Crippen LogP contribution in [-0.4, -0.2) is 25.9 Å². The van der Waals surface area contributed by atoms with E-state index in [4.69, 9.17) is 5.11 Å². The molecule has 0 saturated carbocycles. The first-order chi connectivity index (χ1) is 8.09. The number of hydrogen-bond donors (Lipinski definition) is 2. The Balaban J connectivity index is 2.80. The van der Waals surface area contributed by atoms with Crippen molar-refractivity contribution < 1.29 is 13.5 Å². The second-order valence-corrected chi connectivity index (χ2v) is 5.75. The fourth-order valence-corrected chi connectivity index (χ4v) is 2.82. The van der Waals surface area contributed by atoms with E-state index in [2.05, 4.69) is 4.72 Å². The van der Waals surface area contributed by atoms with Crippen LogP contribution < -0.4 is 4.72 Å². The predicted molar refractivity (Wildman–Crippen MR) is 69.5 cm³/mol. The van der Waals surface area contributed by atoms with Gasteiger partial charge in [-0.15, -0.1) is 0 Å². The maximum atomic E-state index is 11.7. The fourth-order valence-electron chi connectivity index (χ4n) is 1.51. The zero-order valence-corrected chi connectivity index (χ0v) is 10.8. The van der Waals surface area contributed by atoms with Gasteiger partial charge in [0, 0.05) is 6.61 Å². The largest absolute Gasteiger partial charge is 0.396 e. The van der Waals surface area contributed by atoms with E-state index in [0.29, 0.717) is 18.5 Å². The minimum absolute atomic E-state index is 0.00764. The molecular formula is C12H19NO3S. The Morgan fingerprint density at radius 1 is 1.29 bits per heavy atom. The van der Waals surface area contributed by atoms with Crippen LogP contribution >= 0.6 is 0 Å². The lowest BCUT2D eigenvalue weighted by Crippen LogP contribution is -2.17. The number of para-hydroxylation sites is 1. The second kappa shape index (κ2) is 6.61. The minimum atomic E-state index is -3.27. The molecule has 0 aliphatic carbocycles. The lowest BCUT2D eigenvalue weighted by Gasteiger charge is -2.11. The molecule has 0 aromatic heterocycles. The topological polar surface area (TPSA) is 66.4 Å². The van der Waals surface area contributed by atoms with Gasteiger partial charge in [-0.3, -0.25) is 4.72 Å². The maximum absolute atomic E-state index is 11.7. The van der Waals surface area contributed by atoms with Crippen LogP contribution in [0.2, 0.25) is 0 Å². The van der Waals surface area contributed by atoms with E-state index >= 15 is 0 Å². The van der Waals surface area contributed by atoms with Crippen LogP contribution in [-0.2, 0) is 16.4 Å². The monoisotopic (exact) mass is 257 g/mol. The number of benzene rings is 1. The summed E-state index contributed by atoms with van der Waals surface area (Å²) in [6, 6.07) is 7.13. The molecule has 0 amide bonds. The highest BCUT2D eigenvalue weighted by Crippen LogP contribution is 2.17. The smallest absolute Gasteiger partial charge is 0.232 e. The van der Waals surface area contributed by atoms with Gasteiger partial charge in [-0.05, 0) is 24.5 Å². The summed E-state index contributed by atoms with van der Waals surface area (Å²) in [7, 11) is -3.27. The van der Waals surface area contributed by atoms with Crippen LogP contribution in [0, 0.1) is 0 Å². The molecule has 1 aromatic rings. The molecule has 0 aliphatic rings. The number of hydrogen-bond acceptors (Lipinski definition) is 3. The molecule has 5 heteroatoms. The Morgan fingerprint density at radius 3 is 2.65 bits per heavy atom. The average Bonchev–Trinajstić information content (AvgIpc) is 2.29. The van der Waals surface area contributed by atoms with Crippen molar-refractivity contribution in [3.05, 3.63) is 29.8 Å². The van der Waals surface area contributed by atoms with E-state index < -0.39 is 10.0 Å². The fraction of sp³-hybridized carbons (Fsp3) is 0.500. The summed E-state index contributed by atoms with van der Waals surface area (Å²) in [6.45, 7) is 1.96. The van der Waals surface area contributed by atoms with Gasteiger partial charge < -0.3 is 5.11 Å². The summed E-state index contributed by atoms with van der Waals surface area (Å²) in [5.41, 5.74) is 1.38. The highest BCUT2D eigenvalue weighted by Gasteiger charge is 2.11. The number of rotatable bonds is 7. The highest BCUT2D eigenvalue weighted by atomic mass is 32.2. The van der Waals surface area contributed by atoms with E-state index in [1.165, 1.54) is 0 Å². The van der Waals surface area contributed by atoms with Crippen LogP contribution in [0.3, 0.4) is 0 Å². The molecule has 0 spiro atoms. The molecule has 0 saturated heterocycles. The Morgan fingerprint density at radius 2 is 2.00 bits per heavy atom. The van der Waals surface area contributed by atoms with Gasteiger partial charge in [-0.25, -0.2) is 8.42 Å². The van der Waals surface area contributed by atoms with Crippen LogP contribution in [0.4, 0.5) is 5.69 Å². The van der Waals surface area contributed by atoms with Crippen LogP contribution in [0.1, 0.15) is 25.3 Å². The first-order valence-corrected chi connectivity index (χ1v) is 7.43. The summed E-state index contributed by atoms with van der Waals surface area (Å²) in [4.78, 5) is 0. The van der Waals surface area contributed by atoms with Gasteiger partial charge in [0.15, 0.2) is 0 Å². The van der Waals surface area contributed by atoms with Gasteiger partial charge in [0.05, 0.1) is 11.4 Å². The number of sulfonamides is 1. The SMILES string of the molecule is CCCCS(=O)(=O)Nc1ccccc1CCO. The van der Waals surface area contributed by atoms with Crippen LogP contribution in [0.5, 0.6) is 0 Å². The summed E-state index contributed by atoms with van der Waals surface area (Å²) in [5, 5.41) is 8.91. The second-order valence-electron chi connectivity index (χ2n) is 3.91. The van der Waals surface area contributed by atoms with E-state index in [-0.39, 0.29) is 12.4 Å². The molecule has 0 heterocycles. The molecule has 0 aliphatic heterocycles. The number of aliphatic hydroxyl groups is 1. The minimum Gasteiger partial charge on any atom is -0.396 e. The molecule has 0 fully saturated rings. The Bertz CT molecular complexity index is 443. The molecule has 2 N–H and O–H groups in total. The van der Waals surface area contributed by atoms with Crippen molar-refractivity contribution >= 4 is 15.7 Å². The molecular weight excluding hydrogens is 238 g/mol. The number of anilines is 1. The van der Waals surface area contributed by atoms with Gasteiger partial charge >= 0.3 is 0 Å². The van der Waals surface area contributed by atoms with Crippen molar-refractivity contribution in [1.82, 2.24) is 0 Å². The highest BCUT2D eigenvalue weighted by molar-refractivity contribution is 7.92. The predicted octanol–water partition coefficient (Wildman–Crippen LogP) is 1.76. The molecule has 1 rings (SSSR count). The van der Waals surface area contributed by atoms with Crippen molar-refractivity contribution in [3.8, 4) is 0 Å². The summed E-state index contributed by atoms with van der Waals surface area (Å²) >= 11 is 0. The van der Waals surface area contributed by atoms with E-state index in [1.807, 2.05) is 19.1 Å². The quantitative estimate of drug-likeness (QED) is 0.782. The Hall–Kier alpha value is -1.07. The third-order valence-corrected chi connectivity index (χ3v) is 3.79. The van der Waals surface area contributed by atoms with Crippen LogP contribution in [0.15, 0.2) is 24.3 Å². The van der Waals surface area contributed by atoms with Gasteiger partial charge in [0.1, 0.15) is 0 Å². The van der Waals surface area contributed by atoms with E-state index in [1.54, 1.807) is 12.1 Å². The molecule has 0 radical (unpaired) electrons. The van der Waals surface area contributed by atoms with Gasteiger partial charge in [0.25, 0.3) is 0 Å². The zero-order valence-electron chi connectivity index (χ0n) is 10.0. The maximum Gasteiger partial charge on any atom is 0.232 e. The van der Waals surface area contributed by atoms with Crippen molar-refractivity contribution in [1.29, 1.82) is 0 Å². The summed E-state index contributed by atoms with van der Waals surface area (Å²) in [6.07, 6.45) is 1.95. The molecule has 96 valence electrons. The van der Waals surface area contributed by atoms with Gasteiger partial charge in [0.2, 0.25) is 10.0 Å². The molecule has 0 atom stereocenters. The molecule has 0 bridgehead atoms.